The summed E-state index contributed by atoms with van der Waals surface area (Å²) in [7, 11) is -3.73. The molecule has 1 rings (SSSR count). The average Bonchev–Trinajstić information content (AvgIpc) is 2.51. The third kappa shape index (κ3) is 10.5. The number of nitrogens with two attached hydrogens (primary N) is 2. The molecule has 1 fully saturated rings. The molecule has 10 nitrogen and oxygen atoms in total. The highest BCUT2D eigenvalue weighted by Crippen LogP contribution is 2.13. The number of ether oxygens (including phenoxy) is 1. The van der Waals surface area contributed by atoms with E-state index in [-0.39, 0.29) is 24.1 Å². The highest BCUT2D eigenvalue weighted by molar-refractivity contribution is 7.87. The third-order valence-corrected chi connectivity index (χ3v) is 4.74. The second-order valence-corrected chi connectivity index (χ2v) is 9.20. The lowest BCUT2D eigenvalue weighted by Gasteiger charge is -2.33. The molecule has 0 saturated carbocycles. The monoisotopic (exact) mass is 407 g/mol. The molecule has 158 valence electrons. The minimum Gasteiger partial charge on any atom is -0.450 e. The molecule has 1 aliphatic rings. The van der Waals surface area contributed by atoms with E-state index >= 15 is 0 Å². The normalized spacial score (nSPS) is 17.4. The number of hydrogen-bond acceptors (Lipinski definition) is 6. The van der Waals surface area contributed by atoms with Gasteiger partial charge in [-0.3, -0.25) is 4.79 Å². The van der Waals surface area contributed by atoms with Gasteiger partial charge in [0.2, 0.25) is 5.91 Å². The van der Waals surface area contributed by atoms with Crippen LogP contribution in [0.3, 0.4) is 0 Å². The largest absolute Gasteiger partial charge is 0.450 e. The maximum Gasteiger partial charge on any atom is 0.407 e. The Labute approximate surface area is 161 Å². The van der Waals surface area contributed by atoms with E-state index in [4.69, 9.17) is 15.6 Å². The molecule has 0 aliphatic carbocycles. The number of nitrogens with one attached hydrogen (secondary N) is 2. The van der Waals surface area contributed by atoms with Crippen molar-refractivity contribution >= 4 is 22.2 Å². The van der Waals surface area contributed by atoms with Gasteiger partial charge in [0, 0.05) is 24.7 Å². The first kappa shape index (κ1) is 23.6. The van der Waals surface area contributed by atoms with Crippen LogP contribution >= 0.6 is 0 Å². The predicted molar refractivity (Wildman–Crippen MR) is 102 cm³/mol. The quantitative estimate of drug-likeness (QED) is 0.408. The van der Waals surface area contributed by atoms with Crippen LogP contribution in [0.2, 0.25) is 0 Å². The minimum absolute atomic E-state index is 0.143. The minimum atomic E-state index is -3.73. The molecule has 1 atom stereocenters. The van der Waals surface area contributed by atoms with Gasteiger partial charge in [-0.1, -0.05) is 0 Å². The van der Waals surface area contributed by atoms with E-state index in [0.29, 0.717) is 45.2 Å². The Balaban J connectivity index is 2.21. The summed E-state index contributed by atoms with van der Waals surface area (Å²) in [5, 5.41) is 7.66. The number of alkyl carbamates (subject to hydrolysis) is 1. The van der Waals surface area contributed by atoms with Crippen molar-refractivity contribution in [3.8, 4) is 0 Å². The van der Waals surface area contributed by atoms with Crippen molar-refractivity contribution in [1.82, 2.24) is 14.9 Å². The standard InChI is InChI=1S/C16H33N5O5S/c1-16(2,3)19-15(23)26-11-5-4-6-13(17)14(22)21-9-7-12(8-10-21)20-27(18,24)25/h12-13,20H,4-11,17H2,1-3H3,(H,19,23)(H2,18,24,25). The van der Waals surface area contributed by atoms with Gasteiger partial charge in [-0.25, -0.2) is 9.93 Å². The zero-order chi connectivity index (χ0) is 20.7. The number of carbonyl (C=O) groups is 2. The molecule has 1 aliphatic heterocycles. The fourth-order valence-corrected chi connectivity index (χ4v) is 3.48. The van der Waals surface area contributed by atoms with Crippen molar-refractivity contribution in [3.05, 3.63) is 0 Å². The number of hydrogen-bond donors (Lipinski definition) is 4. The van der Waals surface area contributed by atoms with Gasteiger partial charge >= 0.3 is 6.09 Å². The lowest BCUT2D eigenvalue weighted by atomic mass is 10.0. The van der Waals surface area contributed by atoms with Crippen molar-refractivity contribution < 1.29 is 22.7 Å². The number of rotatable bonds is 8. The van der Waals surface area contributed by atoms with Crippen molar-refractivity contribution in [2.75, 3.05) is 19.7 Å². The zero-order valence-corrected chi connectivity index (χ0v) is 17.2. The Morgan fingerprint density at radius 2 is 1.81 bits per heavy atom. The maximum atomic E-state index is 12.4. The van der Waals surface area contributed by atoms with Crippen LogP contribution in [0.15, 0.2) is 0 Å². The van der Waals surface area contributed by atoms with E-state index in [2.05, 4.69) is 10.0 Å². The van der Waals surface area contributed by atoms with Crippen molar-refractivity contribution in [3.63, 3.8) is 0 Å². The van der Waals surface area contributed by atoms with Crippen molar-refractivity contribution in [2.45, 2.75) is 70.5 Å². The molecule has 6 N–H and O–H groups in total. The van der Waals surface area contributed by atoms with E-state index < -0.39 is 22.3 Å². The molecule has 0 radical (unpaired) electrons. The molecule has 1 saturated heterocycles. The van der Waals surface area contributed by atoms with E-state index in [9.17, 15) is 18.0 Å². The molecular formula is C16H33N5O5S. The summed E-state index contributed by atoms with van der Waals surface area (Å²) in [5.74, 6) is -0.143. The first-order valence-corrected chi connectivity index (χ1v) is 10.7. The summed E-state index contributed by atoms with van der Waals surface area (Å²) in [5.41, 5.74) is 5.62. The van der Waals surface area contributed by atoms with E-state index in [1.165, 1.54) is 0 Å². The van der Waals surface area contributed by atoms with Crippen LogP contribution in [0.5, 0.6) is 0 Å². The number of unbranched alkanes of at least 4 members (excludes halogenated alkanes) is 1. The highest BCUT2D eigenvalue weighted by Gasteiger charge is 2.27. The lowest BCUT2D eigenvalue weighted by molar-refractivity contribution is -0.133. The van der Waals surface area contributed by atoms with Gasteiger partial charge in [0.05, 0.1) is 12.6 Å². The van der Waals surface area contributed by atoms with Crippen molar-refractivity contribution in [1.29, 1.82) is 0 Å². The van der Waals surface area contributed by atoms with Crippen molar-refractivity contribution in [2.24, 2.45) is 10.9 Å². The molecule has 1 heterocycles. The van der Waals surface area contributed by atoms with E-state index in [1.807, 2.05) is 20.8 Å². The van der Waals surface area contributed by atoms with Gasteiger partial charge in [-0.05, 0) is 52.9 Å². The Kier molecular flexibility index (Phi) is 8.92. The smallest absolute Gasteiger partial charge is 0.407 e. The zero-order valence-electron chi connectivity index (χ0n) is 16.4. The Morgan fingerprint density at radius 1 is 1.22 bits per heavy atom. The van der Waals surface area contributed by atoms with Crippen LogP contribution < -0.4 is 20.9 Å². The number of nitrogens with zero attached hydrogens (tertiary/aromatic N) is 1. The second kappa shape index (κ2) is 10.2. The van der Waals surface area contributed by atoms with Gasteiger partial charge in [-0.2, -0.15) is 13.1 Å². The Morgan fingerprint density at radius 3 is 2.33 bits per heavy atom. The Bertz CT molecular complexity index is 597. The van der Waals surface area contributed by atoms with Crippen LogP contribution in [0.1, 0.15) is 52.9 Å². The van der Waals surface area contributed by atoms with Crippen LogP contribution in [0, 0.1) is 0 Å². The summed E-state index contributed by atoms with van der Waals surface area (Å²) < 4.78 is 29.5. The van der Waals surface area contributed by atoms with Crippen LogP contribution in [-0.2, 0) is 19.7 Å². The summed E-state index contributed by atoms with van der Waals surface area (Å²) in [6.45, 7) is 6.76. The van der Waals surface area contributed by atoms with E-state index in [1.54, 1.807) is 4.90 Å². The second-order valence-electron chi connectivity index (χ2n) is 7.88. The van der Waals surface area contributed by atoms with Crippen LogP contribution in [0.25, 0.3) is 0 Å². The van der Waals surface area contributed by atoms with Crippen LogP contribution in [-0.4, -0.2) is 62.6 Å². The van der Waals surface area contributed by atoms with Crippen LogP contribution in [0.4, 0.5) is 4.79 Å². The molecule has 0 aromatic heterocycles. The maximum absolute atomic E-state index is 12.4. The van der Waals surface area contributed by atoms with Gasteiger partial charge in [-0.15, -0.1) is 0 Å². The molecule has 11 heteroatoms. The Hall–Kier alpha value is -1.43. The predicted octanol–water partition coefficient (Wildman–Crippen LogP) is -0.207. The molecule has 0 bridgehead atoms. The van der Waals surface area contributed by atoms with Gasteiger partial charge in [0.15, 0.2) is 0 Å². The number of amides is 2. The molecule has 0 aromatic rings. The van der Waals surface area contributed by atoms with E-state index in [0.717, 1.165) is 0 Å². The molecule has 0 aromatic carbocycles. The molecular weight excluding hydrogens is 374 g/mol. The first-order chi connectivity index (χ1) is 12.4. The summed E-state index contributed by atoms with van der Waals surface area (Å²) >= 11 is 0. The van der Waals surface area contributed by atoms with Gasteiger partial charge < -0.3 is 20.7 Å². The van der Waals surface area contributed by atoms with Gasteiger partial charge in [0.1, 0.15) is 0 Å². The number of piperidine rings is 1. The molecule has 2 amide bonds. The fourth-order valence-electron chi connectivity index (χ4n) is 2.78. The fraction of sp³-hybridized carbons (Fsp3) is 0.875. The number of likely N-dealkylation sites (tertiary alicyclic amines) is 1. The topological polar surface area (TPSA) is 157 Å². The number of carbonyl (C=O) groups excluding carboxylic acids is 2. The summed E-state index contributed by atoms with van der Waals surface area (Å²) in [4.78, 5) is 25.5. The first-order valence-electron chi connectivity index (χ1n) is 9.17. The summed E-state index contributed by atoms with van der Waals surface area (Å²) in [6.07, 6.45) is 2.34. The molecule has 27 heavy (non-hydrogen) atoms. The van der Waals surface area contributed by atoms with Gasteiger partial charge in [0.25, 0.3) is 10.2 Å². The highest BCUT2D eigenvalue weighted by atomic mass is 32.2. The molecule has 0 spiro atoms. The average molecular weight is 408 g/mol. The third-order valence-electron chi connectivity index (χ3n) is 4.07. The SMILES string of the molecule is CC(C)(C)NC(=O)OCCCCC(N)C(=O)N1CCC(NS(N)(=O)=O)CC1. The molecule has 1 unspecified atom stereocenters. The summed E-state index contributed by atoms with van der Waals surface area (Å²) in [6, 6.07) is -0.868. The lowest BCUT2D eigenvalue weighted by Crippen LogP contribution is -2.51.